The highest BCUT2D eigenvalue weighted by Gasteiger charge is 2.32. The van der Waals surface area contributed by atoms with Crippen LogP contribution in [0.15, 0.2) is 17.3 Å². The van der Waals surface area contributed by atoms with Gasteiger partial charge in [-0.15, -0.1) is 0 Å². The Kier molecular flexibility index (Phi) is 2.81. The predicted octanol–water partition coefficient (Wildman–Crippen LogP) is 0.00930. The fraction of sp³-hybridized carbons (Fsp3) is 0.556. The molecule has 0 saturated carbocycles. The van der Waals surface area contributed by atoms with E-state index in [1.807, 2.05) is 0 Å². The Hall–Kier alpha value is -1.21. The molecule has 0 aliphatic carbocycles. The SMILES string of the molecule is CC1CN(S(=O)(=O)c2ccn[nH]2)CCC1=O. The van der Waals surface area contributed by atoms with Crippen LogP contribution in [-0.2, 0) is 14.8 Å². The molecule has 0 spiro atoms. The van der Waals surface area contributed by atoms with Crippen LogP contribution in [-0.4, -0.2) is 41.8 Å². The molecule has 1 aliphatic rings. The maximum absolute atomic E-state index is 12.0. The summed E-state index contributed by atoms with van der Waals surface area (Å²) in [6.07, 6.45) is 1.68. The Morgan fingerprint density at radius 1 is 1.56 bits per heavy atom. The molecule has 0 aromatic carbocycles. The van der Waals surface area contributed by atoms with Crippen LogP contribution >= 0.6 is 0 Å². The maximum atomic E-state index is 12.0. The van der Waals surface area contributed by atoms with Crippen molar-refractivity contribution in [3.8, 4) is 0 Å². The zero-order chi connectivity index (χ0) is 11.8. The topological polar surface area (TPSA) is 83.1 Å². The summed E-state index contributed by atoms with van der Waals surface area (Å²) in [5.41, 5.74) is 0. The van der Waals surface area contributed by atoms with Crippen molar-refractivity contribution in [3.05, 3.63) is 12.3 Å². The van der Waals surface area contributed by atoms with Gasteiger partial charge in [-0.05, 0) is 6.07 Å². The monoisotopic (exact) mass is 243 g/mol. The smallest absolute Gasteiger partial charge is 0.259 e. The first-order chi connectivity index (χ1) is 7.51. The molecule has 7 heteroatoms. The second kappa shape index (κ2) is 3.99. The summed E-state index contributed by atoms with van der Waals surface area (Å²) in [7, 11) is -3.51. The molecular weight excluding hydrogens is 230 g/mol. The second-order valence-corrected chi connectivity index (χ2v) is 5.81. The van der Waals surface area contributed by atoms with Crippen molar-refractivity contribution < 1.29 is 13.2 Å². The number of rotatable bonds is 2. The quantitative estimate of drug-likeness (QED) is 0.793. The molecule has 1 aromatic heterocycles. The van der Waals surface area contributed by atoms with Crippen LogP contribution in [0.3, 0.4) is 0 Å². The van der Waals surface area contributed by atoms with E-state index >= 15 is 0 Å². The van der Waals surface area contributed by atoms with E-state index in [-0.39, 0.29) is 36.2 Å². The lowest BCUT2D eigenvalue weighted by Gasteiger charge is -2.28. The van der Waals surface area contributed by atoms with Crippen LogP contribution in [0.1, 0.15) is 13.3 Å². The van der Waals surface area contributed by atoms with Crippen molar-refractivity contribution in [3.63, 3.8) is 0 Å². The average Bonchev–Trinajstić information content (AvgIpc) is 2.75. The van der Waals surface area contributed by atoms with Crippen LogP contribution < -0.4 is 0 Å². The first-order valence-corrected chi connectivity index (χ1v) is 6.48. The normalized spacial score (nSPS) is 23.6. The van der Waals surface area contributed by atoms with E-state index in [1.165, 1.54) is 16.6 Å². The number of ketones is 1. The molecule has 1 fully saturated rings. The fourth-order valence-corrected chi connectivity index (χ4v) is 3.15. The molecule has 0 radical (unpaired) electrons. The van der Waals surface area contributed by atoms with Crippen LogP contribution in [0.4, 0.5) is 0 Å². The summed E-state index contributed by atoms with van der Waals surface area (Å²) in [4.78, 5) is 11.3. The van der Waals surface area contributed by atoms with Crippen molar-refractivity contribution in [2.75, 3.05) is 13.1 Å². The van der Waals surface area contributed by atoms with Crippen molar-refractivity contribution in [2.24, 2.45) is 5.92 Å². The summed E-state index contributed by atoms with van der Waals surface area (Å²) in [6, 6.07) is 1.41. The third-order valence-corrected chi connectivity index (χ3v) is 4.52. The largest absolute Gasteiger partial charge is 0.299 e. The molecule has 1 N–H and O–H groups in total. The Morgan fingerprint density at radius 2 is 2.31 bits per heavy atom. The molecule has 88 valence electrons. The van der Waals surface area contributed by atoms with Gasteiger partial charge in [0.1, 0.15) is 5.78 Å². The third-order valence-electron chi connectivity index (χ3n) is 2.73. The number of H-pyrrole nitrogens is 1. The minimum atomic E-state index is -3.51. The van der Waals surface area contributed by atoms with Crippen molar-refractivity contribution in [2.45, 2.75) is 18.4 Å². The van der Waals surface area contributed by atoms with Crippen molar-refractivity contribution in [1.29, 1.82) is 0 Å². The predicted molar refractivity (Wildman–Crippen MR) is 56.1 cm³/mol. The maximum Gasteiger partial charge on any atom is 0.259 e. The Bertz CT molecular complexity index is 480. The van der Waals surface area contributed by atoms with Crippen LogP contribution in [0, 0.1) is 5.92 Å². The molecule has 1 unspecified atom stereocenters. The summed E-state index contributed by atoms with van der Waals surface area (Å²) < 4.78 is 25.4. The molecule has 2 heterocycles. The first-order valence-electron chi connectivity index (χ1n) is 5.04. The summed E-state index contributed by atoms with van der Waals surface area (Å²) in [5, 5.41) is 6.13. The number of nitrogens with one attached hydrogen (secondary N) is 1. The molecular formula is C9H13N3O3S. The van der Waals surface area contributed by atoms with Gasteiger partial charge in [-0.3, -0.25) is 9.89 Å². The Labute approximate surface area is 93.7 Å². The minimum absolute atomic E-state index is 0.0778. The number of sulfonamides is 1. The number of Topliss-reactive ketones (excluding diaryl/α,β-unsaturated/α-hetero) is 1. The third kappa shape index (κ3) is 1.88. The molecule has 1 saturated heterocycles. The minimum Gasteiger partial charge on any atom is -0.299 e. The number of aromatic amines is 1. The highest BCUT2D eigenvalue weighted by atomic mass is 32.2. The average molecular weight is 243 g/mol. The summed E-state index contributed by atoms with van der Waals surface area (Å²) in [5.74, 6) is -0.109. The molecule has 6 nitrogen and oxygen atoms in total. The van der Waals surface area contributed by atoms with Gasteiger partial charge in [-0.25, -0.2) is 8.42 Å². The van der Waals surface area contributed by atoms with Gasteiger partial charge < -0.3 is 0 Å². The summed E-state index contributed by atoms with van der Waals surface area (Å²) in [6.45, 7) is 2.25. The molecule has 1 atom stereocenters. The number of carbonyl (C=O) groups is 1. The van der Waals surface area contributed by atoms with Gasteiger partial charge in [0.25, 0.3) is 10.0 Å². The van der Waals surface area contributed by atoms with Crippen LogP contribution in [0.5, 0.6) is 0 Å². The lowest BCUT2D eigenvalue weighted by molar-refractivity contribution is -0.124. The molecule has 1 aromatic rings. The van der Waals surface area contributed by atoms with Crippen molar-refractivity contribution in [1.82, 2.24) is 14.5 Å². The number of carbonyl (C=O) groups excluding carboxylic acids is 1. The van der Waals surface area contributed by atoms with E-state index in [1.54, 1.807) is 6.92 Å². The lowest BCUT2D eigenvalue weighted by Crippen LogP contribution is -2.43. The number of nitrogens with zero attached hydrogens (tertiary/aromatic N) is 2. The van der Waals surface area contributed by atoms with Crippen LogP contribution in [0.2, 0.25) is 0 Å². The number of piperidine rings is 1. The van der Waals surface area contributed by atoms with E-state index in [9.17, 15) is 13.2 Å². The van der Waals surface area contributed by atoms with Crippen molar-refractivity contribution >= 4 is 15.8 Å². The van der Waals surface area contributed by atoms with Crippen LogP contribution in [0.25, 0.3) is 0 Å². The molecule has 2 rings (SSSR count). The number of hydrogen-bond donors (Lipinski definition) is 1. The molecule has 0 amide bonds. The van der Waals surface area contributed by atoms with E-state index in [0.717, 1.165) is 0 Å². The van der Waals surface area contributed by atoms with E-state index in [4.69, 9.17) is 0 Å². The Morgan fingerprint density at radius 3 is 2.88 bits per heavy atom. The lowest BCUT2D eigenvalue weighted by atomic mass is 10.0. The van der Waals surface area contributed by atoms with E-state index < -0.39 is 10.0 Å². The highest BCUT2D eigenvalue weighted by molar-refractivity contribution is 7.89. The van der Waals surface area contributed by atoms with E-state index in [2.05, 4.69) is 10.2 Å². The molecule has 16 heavy (non-hydrogen) atoms. The summed E-state index contributed by atoms with van der Waals surface area (Å²) >= 11 is 0. The number of hydrogen-bond acceptors (Lipinski definition) is 4. The molecule has 0 bridgehead atoms. The van der Waals surface area contributed by atoms with Gasteiger partial charge in [0.2, 0.25) is 0 Å². The van der Waals surface area contributed by atoms with Gasteiger partial charge >= 0.3 is 0 Å². The second-order valence-electron chi connectivity index (χ2n) is 3.90. The zero-order valence-electron chi connectivity index (χ0n) is 8.88. The van der Waals surface area contributed by atoms with Gasteiger partial charge in [-0.2, -0.15) is 9.40 Å². The number of aromatic nitrogens is 2. The van der Waals surface area contributed by atoms with E-state index in [0.29, 0.717) is 0 Å². The zero-order valence-corrected chi connectivity index (χ0v) is 9.70. The fourth-order valence-electron chi connectivity index (χ4n) is 1.72. The van der Waals surface area contributed by atoms with Gasteiger partial charge in [0, 0.05) is 25.4 Å². The standard InChI is InChI=1S/C9H13N3O3S/c1-7-6-12(5-3-8(7)13)16(14,15)9-2-4-10-11-9/h2,4,7H,3,5-6H2,1H3,(H,10,11). The van der Waals surface area contributed by atoms with Gasteiger partial charge in [0.15, 0.2) is 5.03 Å². The molecule has 1 aliphatic heterocycles. The highest BCUT2D eigenvalue weighted by Crippen LogP contribution is 2.19. The van der Waals surface area contributed by atoms with Gasteiger partial charge in [0.05, 0.1) is 6.20 Å². The Balaban J connectivity index is 2.23. The van der Waals surface area contributed by atoms with Gasteiger partial charge in [-0.1, -0.05) is 6.92 Å². The first kappa shape index (κ1) is 11.3.